The predicted octanol–water partition coefficient (Wildman–Crippen LogP) is 2.81. The van der Waals surface area contributed by atoms with Crippen LogP contribution in [-0.2, 0) is 25.6 Å². The number of nitrogens with zero attached hydrogens (tertiary/aromatic N) is 4. The summed E-state index contributed by atoms with van der Waals surface area (Å²) in [5, 5.41) is 24.8. The summed E-state index contributed by atoms with van der Waals surface area (Å²) in [6.07, 6.45) is 3.18. The lowest BCUT2D eigenvalue weighted by molar-refractivity contribution is -0.142. The Bertz CT molecular complexity index is 1500. The molecule has 4 amide bonds. The summed E-state index contributed by atoms with van der Waals surface area (Å²) in [6, 6.07) is 2.13. The van der Waals surface area contributed by atoms with Crippen LogP contribution in [0.15, 0.2) is 22.8 Å². The van der Waals surface area contributed by atoms with Crippen molar-refractivity contribution in [1.82, 2.24) is 30.7 Å². The first-order chi connectivity index (χ1) is 23.3. The number of carbonyl (C=O) groups is 5. The topological polar surface area (TPSA) is 187 Å². The fourth-order valence-corrected chi connectivity index (χ4v) is 6.43. The second-order valence-electron chi connectivity index (χ2n) is 13.5. The number of hydrogen-bond acceptors (Lipinski definition) is 9. The molecule has 2 aliphatic rings. The van der Waals surface area contributed by atoms with Crippen LogP contribution in [0, 0.1) is 23.6 Å². The number of amides is 4. The average Bonchev–Trinajstić information content (AvgIpc) is 3.56. The minimum Gasteiger partial charge on any atom is -0.481 e. The van der Waals surface area contributed by atoms with Gasteiger partial charge in [-0.15, -0.1) is 0 Å². The number of aryl methyl sites for hydroxylation is 1. The number of halogens is 1. The molecule has 0 unspecified atom stereocenters. The smallest absolute Gasteiger partial charge is 0.304 e. The third-order valence-corrected chi connectivity index (χ3v) is 9.79. The molecule has 2 heterocycles. The van der Waals surface area contributed by atoms with Crippen molar-refractivity contribution in [1.29, 1.82) is 0 Å². The zero-order valence-electron chi connectivity index (χ0n) is 28.8. The van der Waals surface area contributed by atoms with Gasteiger partial charge in [0.15, 0.2) is 5.69 Å². The van der Waals surface area contributed by atoms with Crippen molar-refractivity contribution in [2.75, 3.05) is 38.5 Å². The molecule has 4 N–H and O–H groups in total. The number of carbonyl (C=O) groups excluding carboxylic acids is 4. The fourth-order valence-electron chi connectivity index (χ4n) is 6.43. The van der Waals surface area contributed by atoms with E-state index in [0.717, 1.165) is 12.8 Å². The first-order valence-corrected chi connectivity index (χ1v) is 17.0. The van der Waals surface area contributed by atoms with Crippen molar-refractivity contribution in [3.05, 3.63) is 41.0 Å². The Hall–Kier alpha value is -4.40. The summed E-state index contributed by atoms with van der Waals surface area (Å²) >= 11 is 0. The Kier molecular flexibility index (Phi) is 12.8. The maximum absolute atomic E-state index is 15.7. The molecule has 1 aliphatic carbocycles. The maximum atomic E-state index is 15.7. The highest BCUT2D eigenvalue weighted by atomic mass is 19.1. The Morgan fingerprint density at radius 1 is 1.00 bits per heavy atom. The normalized spacial score (nSPS) is 20.8. The second kappa shape index (κ2) is 16.8. The fraction of sp³-hybridized carbons (Fsp3) is 0.618. The summed E-state index contributed by atoms with van der Waals surface area (Å²) < 4.78 is 20.5. The van der Waals surface area contributed by atoms with E-state index in [2.05, 4.69) is 38.1 Å². The van der Waals surface area contributed by atoms with Crippen molar-refractivity contribution < 1.29 is 38.1 Å². The predicted molar refractivity (Wildman–Crippen MR) is 177 cm³/mol. The largest absolute Gasteiger partial charge is 0.481 e. The van der Waals surface area contributed by atoms with Crippen molar-refractivity contribution in [2.45, 2.75) is 84.2 Å². The van der Waals surface area contributed by atoms with E-state index in [1.807, 2.05) is 7.05 Å². The van der Waals surface area contributed by atoms with E-state index in [9.17, 15) is 29.1 Å². The Balaban J connectivity index is 1.54. The number of benzene rings is 1. The number of likely N-dealkylation sites (N-methyl/N-ethyl adjacent to an activating group) is 1. The standard InChI is InChI=1S/C34H48FN7O7/c1-6-25-30(40-49-39-25)33(47)38-29(22-9-7-19(2)8-10-22)32(46)36-26-12-11-23(18-24(26)35)21(4)28(37-31(45)20(3)17-27(43)44)34(48)42-15-13-41(5)14-16-42/h11-12,18-22,28-29H,6-10,13-17H2,1-5H3,(H,36,46)(H,37,45)(H,38,47)(H,43,44)/t19?,20-,21+,22?,28-,29+/m1/s1. The van der Waals surface area contributed by atoms with E-state index in [-0.39, 0.29) is 23.2 Å². The minimum absolute atomic E-state index is 0.000816. The maximum Gasteiger partial charge on any atom is 0.304 e. The zero-order chi connectivity index (χ0) is 35.8. The van der Waals surface area contributed by atoms with E-state index in [1.165, 1.54) is 19.1 Å². The van der Waals surface area contributed by atoms with Gasteiger partial charge in [0.05, 0.1) is 12.1 Å². The monoisotopic (exact) mass is 685 g/mol. The quantitative estimate of drug-likeness (QED) is 0.244. The molecule has 268 valence electrons. The highest BCUT2D eigenvalue weighted by molar-refractivity contribution is 6.01. The van der Waals surface area contributed by atoms with Gasteiger partial charge in [-0.3, -0.25) is 24.0 Å². The number of anilines is 1. The summed E-state index contributed by atoms with van der Waals surface area (Å²) in [6.45, 7) is 9.29. The number of rotatable bonds is 13. The Morgan fingerprint density at radius 3 is 2.29 bits per heavy atom. The van der Waals surface area contributed by atoms with Gasteiger partial charge in [-0.2, -0.15) is 0 Å². The van der Waals surface area contributed by atoms with Gasteiger partial charge in [0.2, 0.25) is 17.7 Å². The third kappa shape index (κ3) is 9.61. The molecule has 1 aromatic carbocycles. The summed E-state index contributed by atoms with van der Waals surface area (Å²) in [5.74, 6) is -5.30. The first kappa shape index (κ1) is 37.4. The van der Waals surface area contributed by atoms with Crippen LogP contribution < -0.4 is 16.0 Å². The first-order valence-electron chi connectivity index (χ1n) is 17.0. The average molecular weight is 686 g/mol. The van der Waals surface area contributed by atoms with Crippen LogP contribution in [0.3, 0.4) is 0 Å². The molecule has 0 bridgehead atoms. The van der Waals surface area contributed by atoms with Crippen LogP contribution in [0.5, 0.6) is 0 Å². The van der Waals surface area contributed by atoms with Gasteiger partial charge in [-0.25, -0.2) is 9.02 Å². The van der Waals surface area contributed by atoms with Gasteiger partial charge in [-0.1, -0.05) is 51.8 Å². The van der Waals surface area contributed by atoms with Crippen LogP contribution >= 0.6 is 0 Å². The van der Waals surface area contributed by atoms with Gasteiger partial charge in [0.25, 0.3) is 5.91 Å². The SMILES string of the molecule is CCc1nonc1C(=O)N[C@H](C(=O)Nc1ccc([C@H](C)[C@@H](NC(=O)[C@H](C)CC(=O)O)C(=O)N2CCN(C)CC2)cc1F)C1CCC(C)CC1. The molecule has 15 heteroatoms. The van der Waals surface area contributed by atoms with E-state index < -0.39 is 59.8 Å². The molecule has 2 aromatic rings. The second-order valence-corrected chi connectivity index (χ2v) is 13.5. The summed E-state index contributed by atoms with van der Waals surface area (Å²) in [5.41, 5.74) is 0.648. The molecule has 1 saturated carbocycles. The highest BCUT2D eigenvalue weighted by Crippen LogP contribution is 2.32. The number of carboxylic acid groups (broad SMARTS) is 1. The number of piperazine rings is 1. The summed E-state index contributed by atoms with van der Waals surface area (Å²) in [4.78, 5) is 68.5. The van der Waals surface area contributed by atoms with E-state index in [4.69, 9.17) is 4.63 Å². The van der Waals surface area contributed by atoms with Crippen molar-refractivity contribution in [3.8, 4) is 0 Å². The van der Waals surface area contributed by atoms with Crippen LogP contribution in [0.4, 0.5) is 10.1 Å². The number of aromatic nitrogens is 2. The molecule has 0 radical (unpaired) electrons. The van der Waals surface area contributed by atoms with Gasteiger partial charge in [-0.05, 0) is 61.0 Å². The van der Waals surface area contributed by atoms with Crippen molar-refractivity contribution in [3.63, 3.8) is 0 Å². The van der Waals surface area contributed by atoms with Crippen molar-refractivity contribution in [2.24, 2.45) is 17.8 Å². The van der Waals surface area contributed by atoms with Crippen LogP contribution in [-0.4, -0.2) is 100 Å². The molecule has 0 spiro atoms. The summed E-state index contributed by atoms with van der Waals surface area (Å²) in [7, 11) is 1.95. The van der Waals surface area contributed by atoms with Crippen molar-refractivity contribution >= 4 is 35.3 Å². The molecular formula is C34H48FN7O7. The number of nitrogens with one attached hydrogen (secondary N) is 3. The van der Waals surface area contributed by atoms with Gasteiger partial charge >= 0.3 is 5.97 Å². The molecule has 14 nitrogen and oxygen atoms in total. The molecule has 4 rings (SSSR count). The molecule has 4 atom stereocenters. The molecule has 49 heavy (non-hydrogen) atoms. The van der Waals surface area contributed by atoms with E-state index in [0.29, 0.717) is 62.6 Å². The molecule has 1 aromatic heterocycles. The lowest BCUT2D eigenvalue weighted by Crippen LogP contribution is -2.56. The Morgan fingerprint density at radius 2 is 1.67 bits per heavy atom. The molecule has 1 aliphatic heterocycles. The molecular weight excluding hydrogens is 637 g/mol. The highest BCUT2D eigenvalue weighted by Gasteiger charge is 2.36. The lowest BCUT2D eigenvalue weighted by atomic mass is 9.79. The van der Waals surface area contributed by atoms with Gasteiger partial charge in [0, 0.05) is 38.0 Å². The van der Waals surface area contributed by atoms with Crippen LogP contribution in [0.1, 0.15) is 87.5 Å². The van der Waals surface area contributed by atoms with Gasteiger partial charge < -0.3 is 30.9 Å². The van der Waals surface area contributed by atoms with Gasteiger partial charge in [0.1, 0.15) is 23.6 Å². The third-order valence-electron chi connectivity index (χ3n) is 9.79. The molecule has 2 fully saturated rings. The number of aliphatic carboxylic acids is 1. The van der Waals surface area contributed by atoms with Crippen LogP contribution in [0.25, 0.3) is 0 Å². The van der Waals surface area contributed by atoms with E-state index >= 15 is 4.39 Å². The molecule has 1 saturated heterocycles. The zero-order valence-corrected chi connectivity index (χ0v) is 28.8. The van der Waals surface area contributed by atoms with E-state index in [1.54, 1.807) is 24.8 Å². The number of carboxylic acids is 1. The number of hydrogen-bond donors (Lipinski definition) is 4. The van der Waals surface area contributed by atoms with Crippen LogP contribution in [0.2, 0.25) is 0 Å². The minimum atomic E-state index is -1.14. The lowest BCUT2D eigenvalue weighted by Gasteiger charge is -2.36. The Labute approximate surface area is 285 Å².